The number of aromatic amines is 1. The van der Waals surface area contributed by atoms with Crippen molar-refractivity contribution in [1.29, 1.82) is 0 Å². The number of rotatable bonds is 5. The number of fused-ring (bicyclic) bond motifs is 2. The molecule has 2 aromatic heterocycles. The number of ether oxygens (including phenoxy) is 1. The van der Waals surface area contributed by atoms with Crippen LogP contribution in [0.25, 0.3) is 33.2 Å². The van der Waals surface area contributed by atoms with Gasteiger partial charge < -0.3 is 29.3 Å². The normalized spacial score (nSPS) is 15.4. The van der Waals surface area contributed by atoms with Gasteiger partial charge in [0.2, 0.25) is 0 Å². The van der Waals surface area contributed by atoms with Crippen LogP contribution in [0.2, 0.25) is 0 Å². The van der Waals surface area contributed by atoms with Crippen molar-refractivity contribution in [1.82, 2.24) is 15.2 Å². The predicted molar refractivity (Wildman–Crippen MR) is 152 cm³/mol. The van der Waals surface area contributed by atoms with Crippen LogP contribution in [0, 0.1) is 11.6 Å². The molecule has 0 spiro atoms. The molecule has 0 aliphatic carbocycles. The summed E-state index contributed by atoms with van der Waals surface area (Å²) < 4.78 is 40.2. The summed E-state index contributed by atoms with van der Waals surface area (Å²) in [6, 6.07) is 15.8. The first kappa shape index (κ1) is 26.5. The number of morpholine rings is 1. The maximum atomic E-state index is 14.2. The number of nitrogens with zero attached hydrogens (tertiary/aromatic N) is 2. The van der Waals surface area contributed by atoms with Crippen LogP contribution in [-0.2, 0) is 4.74 Å². The molecule has 1 saturated heterocycles. The summed E-state index contributed by atoms with van der Waals surface area (Å²) in [5, 5.41) is 3.87. The Balaban J connectivity index is 1.40. The minimum absolute atomic E-state index is 0.251. The van der Waals surface area contributed by atoms with Crippen molar-refractivity contribution in [2.24, 2.45) is 0 Å². The van der Waals surface area contributed by atoms with Crippen LogP contribution in [0.5, 0.6) is 0 Å². The summed E-state index contributed by atoms with van der Waals surface area (Å²) in [7, 11) is 5.31. The van der Waals surface area contributed by atoms with Crippen molar-refractivity contribution in [2.75, 3.05) is 45.7 Å². The highest BCUT2D eigenvalue weighted by Gasteiger charge is 2.31. The summed E-state index contributed by atoms with van der Waals surface area (Å²) in [6.07, 6.45) is -0.502. The molecular weight excluding hydrogens is 530 g/mol. The molecule has 6 rings (SSSR count). The molecule has 1 aliphatic heterocycles. The van der Waals surface area contributed by atoms with E-state index in [2.05, 4.69) is 10.3 Å². The van der Waals surface area contributed by atoms with Gasteiger partial charge in [0.15, 0.2) is 0 Å². The Hall–Kier alpha value is -4.70. The number of aromatic nitrogens is 1. The van der Waals surface area contributed by atoms with E-state index in [1.807, 2.05) is 31.1 Å². The van der Waals surface area contributed by atoms with Crippen LogP contribution in [0.1, 0.15) is 32.5 Å². The molecule has 10 heteroatoms. The van der Waals surface area contributed by atoms with E-state index in [4.69, 9.17) is 9.15 Å². The third-order valence-corrected chi connectivity index (χ3v) is 7.42. The lowest BCUT2D eigenvalue weighted by atomic mass is 9.98. The van der Waals surface area contributed by atoms with Crippen molar-refractivity contribution >= 4 is 39.4 Å². The van der Waals surface area contributed by atoms with Crippen molar-refractivity contribution in [3.8, 4) is 11.3 Å². The van der Waals surface area contributed by atoms with Gasteiger partial charge in [0.1, 0.15) is 34.8 Å². The standard InChI is InChI=1S/C31H28F2N4O4/c1-34-30(38)27-21-14-20(24(36(2)3)15-25(21)41-29(27)17-7-9-19(32)10-8-17)26-16-37(11-12-40-26)31(39)23-13-18-5-4-6-22(33)28(18)35-23/h4-10,13-15,26,35H,11-12,16H2,1-3H3,(H,34,38). The van der Waals surface area contributed by atoms with E-state index in [1.165, 1.54) is 25.2 Å². The van der Waals surface area contributed by atoms with Gasteiger partial charge in [-0.15, -0.1) is 0 Å². The third kappa shape index (κ3) is 4.70. The van der Waals surface area contributed by atoms with Gasteiger partial charge in [0.25, 0.3) is 11.8 Å². The Morgan fingerprint density at radius 3 is 2.56 bits per heavy atom. The number of para-hydroxylation sites is 1. The van der Waals surface area contributed by atoms with Gasteiger partial charge in [-0.05, 0) is 42.5 Å². The number of carbonyl (C=O) groups is 2. The van der Waals surface area contributed by atoms with E-state index < -0.39 is 17.7 Å². The number of amides is 2. The number of benzene rings is 3. The number of anilines is 1. The average Bonchev–Trinajstić information content (AvgIpc) is 3.59. The SMILES string of the molecule is CNC(=O)c1c(-c2ccc(F)cc2)oc2cc(N(C)C)c(C3CN(C(=O)c4cc5cccc(F)c5[nH]4)CCO3)cc12. The maximum absolute atomic E-state index is 14.2. The van der Waals surface area contributed by atoms with Crippen LogP contribution < -0.4 is 10.2 Å². The van der Waals surface area contributed by atoms with E-state index >= 15 is 0 Å². The number of furan rings is 1. The van der Waals surface area contributed by atoms with Gasteiger partial charge in [-0.1, -0.05) is 12.1 Å². The lowest BCUT2D eigenvalue weighted by Crippen LogP contribution is -2.42. The van der Waals surface area contributed by atoms with E-state index in [0.29, 0.717) is 57.6 Å². The van der Waals surface area contributed by atoms with E-state index in [-0.39, 0.29) is 18.4 Å². The Labute approximate surface area is 234 Å². The molecule has 3 heterocycles. The van der Waals surface area contributed by atoms with Crippen molar-refractivity contribution < 1.29 is 27.5 Å². The molecule has 0 radical (unpaired) electrons. The molecule has 5 aromatic rings. The third-order valence-electron chi connectivity index (χ3n) is 7.42. The zero-order valence-electron chi connectivity index (χ0n) is 22.8. The van der Waals surface area contributed by atoms with Crippen LogP contribution >= 0.6 is 0 Å². The summed E-state index contributed by atoms with van der Waals surface area (Å²) in [4.78, 5) is 33.1. The Morgan fingerprint density at radius 2 is 1.85 bits per heavy atom. The minimum atomic E-state index is -0.502. The molecule has 1 atom stereocenters. The molecule has 3 aromatic carbocycles. The number of carbonyl (C=O) groups excluding carboxylic acids is 2. The summed E-state index contributed by atoms with van der Waals surface area (Å²) in [5.41, 5.74) is 3.54. The number of halogens is 2. The number of H-pyrrole nitrogens is 1. The quantitative estimate of drug-likeness (QED) is 0.297. The second-order valence-electron chi connectivity index (χ2n) is 10.2. The van der Waals surface area contributed by atoms with Crippen LogP contribution in [0.3, 0.4) is 0 Å². The highest BCUT2D eigenvalue weighted by molar-refractivity contribution is 6.11. The second-order valence-corrected chi connectivity index (χ2v) is 10.2. The molecule has 2 amide bonds. The molecular formula is C31H28F2N4O4. The smallest absolute Gasteiger partial charge is 0.270 e. The van der Waals surface area contributed by atoms with Gasteiger partial charge in [-0.3, -0.25) is 9.59 Å². The van der Waals surface area contributed by atoms with Crippen LogP contribution in [0.15, 0.2) is 65.1 Å². The minimum Gasteiger partial charge on any atom is -0.455 e. The Morgan fingerprint density at radius 1 is 1.07 bits per heavy atom. The Kier molecular flexibility index (Phi) is 6.70. The van der Waals surface area contributed by atoms with Gasteiger partial charge in [-0.2, -0.15) is 0 Å². The largest absolute Gasteiger partial charge is 0.455 e. The lowest BCUT2D eigenvalue weighted by Gasteiger charge is -2.34. The first-order valence-corrected chi connectivity index (χ1v) is 13.2. The zero-order valence-corrected chi connectivity index (χ0v) is 22.8. The summed E-state index contributed by atoms with van der Waals surface area (Å²) in [5.74, 6) is -1.09. The molecule has 0 bridgehead atoms. The van der Waals surface area contributed by atoms with Crippen LogP contribution in [0.4, 0.5) is 14.5 Å². The summed E-state index contributed by atoms with van der Waals surface area (Å²) in [6.45, 7) is 0.919. The van der Waals surface area contributed by atoms with Crippen molar-refractivity contribution in [3.63, 3.8) is 0 Å². The van der Waals surface area contributed by atoms with Gasteiger partial charge >= 0.3 is 0 Å². The fraction of sp³-hybridized carbons (Fsp3) is 0.226. The lowest BCUT2D eigenvalue weighted by molar-refractivity contribution is -0.0227. The maximum Gasteiger partial charge on any atom is 0.270 e. The van der Waals surface area contributed by atoms with Crippen molar-refractivity contribution in [3.05, 3.63) is 89.1 Å². The van der Waals surface area contributed by atoms with E-state index in [9.17, 15) is 18.4 Å². The fourth-order valence-electron chi connectivity index (χ4n) is 5.38. The fourth-order valence-corrected chi connectivity index (χ4v) is 5.38. The molecule has 8 nitrogen and oxygen atoms in total. The van der Waals surface area contributed by atoms with Gasteiger partial charge in [0.05, 0.1) is 24.2 Å². The average molecular weight is 559 g/mol. The van der Waals surface area contributed by atoms with Gasteiger partial charge in [0, 0.05) is 61.3 Å². The number of nitrogens with one attached hydrogen (secondary N) is 2. The van der Waals surface area contributed by atoms with E-state index in [1.54, 1.807) is 35.2 Å². The molecule has 1 aliphatic rings. The predicted octanol–water partition coefficient (Wildman–Crippen LogP) is 5.50. The molecule has 210 valence electrons. The second kappa shape index (κ2) is 10.4. The number of hydrogen-bond acceptors (Lipinski definition) is 5. The topological polar surface area (TPSA) is 90.8 Å². The monoisotopic (exact) mass is 558 g/mol. The molecule has 2 N–H and O–H groups in total. The highest BCUT2D eigenvalue weighted by atomic mass is 19.1. The first-order chi connectivity index (χ1) is 19.7. The molecule has 41 heavy (non-hydrogen) atoms. The molecule has 1 unspecified atom stereocenters. The highest BCUT2D eigenvalue weighted by Crippen LogP contribution is 2.40. The summed E-state index contributed by atoms with van der Waals surface area (Å²) >= 11 is 0. The zero-order chi connectivity index (χ0) is 28.8. The molecule has 1 fully saturated rings. The number of hydrogen-bond donors (Lipinski definition) is 2. The van der Waals surface area contributed by atoms with Crippen LogP contribution in [-0.4, -0.2) is 62.5 Å². The Bertz CT molecular complexity index is 1790. The van der Waals surface area contributed by atoms with Crippen molar-refractivity contribution in [2.45, 2.75) is 6.10 Å². The van der Waals surface area contributed by atoms with E-state index in [0.717, 1.165) is 11.3 Å². The first-order valence-electron chi connectivity index (χ1n) is 13.2. The molecule has 0 saturated carbocycles. The van der Waals surface area contributed by atoms with Gasteiger partial charge in [-0.25, -0.2) is 8.78 Å².